The third-order valence-corrected chi connectivity index (χ3v) is 5.08. The zero-order chi connectivity index (χ0) is 14.7. The summed E-state index contributed by atoms with van der Waals surface area (Å²) < 4.78 is 1.15. The topological polar surface area (TPSA) is 37.8 Å². The standard InChI is InChI=1S/C15H20IN3S/c1-5-17-14-12(16)11(8-9(2)3)18-15(19-14)13-10(4)6-7-20-13/h6-7,9H,5,8H2,1-4H3,(H,17,18,19). The fraction of sp³-hybridized carbons (Fsp3) is 0.467. The Morgan fingerprint density at radius 1 is 1.35 bits per heavy atom. The van der Waals surface area contributed by atoms with Crippen LogP contribution in [0.15, 0.2) is 11.4 Å². The highest BCUT2D eigenvalue weighted by atomic mass is 127. The van der Waals surface area contributed by atoms with E-state index in [9.17, 15) is 0 Å². The quantitative estimate of drug-likeness (QED) is 0.735. The van der Waals surface area contributed by atoms with Crippen molar-refractivity contribution in [2.75, 3.05) is 11.9 Å². The second-order valence-corrected chi connectivity index (χ2v) is 7.21. The molecule has 0 fully saturated rings. The lowest BCUT2D eigenvalue weighted by atomic mass is 10.1. The van der Waals surface area contributed by atoms with Crippen LogP contribution in [0.2, 0.25) is 0 Å². The van der Waals surface area contributed by atoms with Gasteiger partial charge in [0.25, 0.3) is 0 Å². The van der Waals surface area contributed by atoms with Crippen molar-refractivity contribution >= 4 is 39.7 Å². The van der Waals surface area contributed by atoms with Gasteiger partial charge in [-0.1, -0.05) is 13.8 Å². The molecule has 0 radical (unpaired) electrons. The van der Waals surface area contributed by atoms with Gasteiger partial charge in [0.2, 0.25) is 0 Å². The Kier molecular flexibility index (Phi) is 5.37. The molecule has 0 aliphatic heterocycles. The molecule has 0 unspecified atom stereocenters. The number of hydrogen-bond donors (Lipinski definition) is 1. The summed E-state index contributed by atoms with van der Waals surface area (Å²) in [5, 5.41) is 5.46. The molecule has 0 aliphatic rings. The van der Waals surface area contributed by atoms with Gasteiger partial charge in [0.05, 0.1) is 14.1 Å². The van der Waals surface area contributed by atoms with E-state index in [4.69, 9.17) is 9.97 Å². The second kappa shape index (κ2) is 6.85. The highest BCUT2D eigenvalue weighted by Gasteiger charge is 2.15. The van der Waals surface area contributed by atoms with Crippen LogP contribution in [0.3, 0.4) is 0 Å². The van der Waals surface area contributed by atoms with E-state index in [0.29, 0.717) is 5.92 Å². The number of nitrogens with zero attached hydrogens (tertiary/aromatic N) is 2. The second-order valence-electron chi connectivity index (χ2n) is 5.22. The first kappa shape index (κ1) is 15.7. The molecule has 20 heavy (non-hydrogen) atoms. The molecule has 1 N–H and O–H groups in total. The Labute approximate surface area is 138 Å². The van der Waals surface area contributed by atoms with E-state index >= 15 is 0 Å². The van der Waals surface area contributed by atoms with Gasteiger partial charge in [0.1, 0.15) is 5.82 Å². The van der Waals surface area contributed by atoms with Crippen LogP contribution in [-0.4, -0.2) is 16.5 Å². The summed E-state index contributed by atoms with van der Waals surface area (Å²) in [4.78, 5) is 10.7. The van der Waals surface area contributed by atoms with E-state index in [1.807, 2.05) is 0 Å². The maximum absolute atomic E-state index is 4.81. The van der Waals surface area contributed by atoms with Crippen molar-refractivity contribution in [3.8, 4) is 10.7 Å². The minimum atomic E-state index is 0.588. The smallest absolute Gasteiger partial charge is 0.172 e. The monoisotopic (exact) mass is 401 g/mol. The number of hydrogen-bond acceptors (Lipinski definition) is 4. The van der Waals surface area contributed by atoms with Gasteiger partial charge in [-0.3, -0.25) is 0 Å². The molecule has 0 aliphatic carbocycles. The first-order valence-electron chi connectivity index (χ1n) is 6.87. The van der Waals surface area contributed by atoms with Crippen LogP contribution in [0.1, 0.15) is 32.0 Å². The first-order valence-corrected chi connectivity index (χ1v) is 8.83. The number of thiophene rings is 1. The fourth-order valence-electron chi connectivity index (χ4n) is 2.00. The van der Waals surface area contributed by atoms with Crippen LogP contribution < -0.4 is 5.32 Å². The average Bonchev–Trinajstić information content (AvgIpc) is 2.80. The molecule has 0 aromatic carbocycles. The van der Waals surface area contributed by atoms with Crippen LogP contribution >= 0.6 is 33.9 Å². The molecule has 2 aromatic rings. The van der Waals surface area contributed by atoms with E-state index in [1.165, 1.54) is 10.4 Å². The molecule has 0 saturated heterocycles. The molecule has 0 bridgehead atoms. The third kappa shape index (κ3) is 3.49. The van der Waals surface area contributed by atoms with Crippen molar-refractivity contribution in [1.29, 1.82) is 0 Å². The summed E-state index contributed by atoms with van der Waals surface area (Å²) in [7, 11) is 0. The van der Waals surface area contributed by atoms with Gasteiger partial charge in [0.15, 0.2) is 5.82 Å². The summed E-state index contributed by atoms with van der Waals surface area (Å²) in [6.45, 7) is 9.53. The van der Waals surface area contributed by atoms with Crippen molar-refractivity contribution in [3.63, 3.8) is 0 Å². The van der Waals surface area contributed by atoms with E-state index in [-0.39, 0.29) is 0 Å². The van der Waals surface area contributed by atoms with Crippen LogP contribution in [0.25, 0.3) is 10.7 Å². The fourth-order valence-corrected chi connectivity index (χ4v) is 3.51. The molecule has 2 aromatic heterocycles. The summed E-state index contributed by atoms with van der Waals surface area (Å²) in [5.74, 6) is 2.40. The lowest BCUT2D eigenvalue weighted by Gasteiger charge is -2.13. The van der Waals surface area contributed by atoms with Gasteiger partial charge in [0, 0.05) is 6.54 Å². The number of aryl methyl sites for hydroxylation is 1. The van der Waals surface area contributed by atoms with Gasteiger partial charge in [-0.2, -0.15) is 0 Å². The molecule has 2 rings (SSSR count). The molecule has 5 heteroatoms. The molecule has 0 spiro atoms. The van der Waals surface area contributed by atoms with E-state index < -0.39 is 0 Å². The molecule has 0 amide bonds. The van der Waals surface area contributed by atoms with Crippen molar-refractivity contribution in [3.05, 3.63) is 26.3 Å². The molecule has 0 saturated carbocycles. The Morgan fingerprint density at radius 3 is 2.65 bits per heavy atom. The van der Waals surface area contributed by atoms with Gasteiger partial charge in [-0.15, -0.1) is 11.3 Å². The lowest BCUT2D eigenvalue weighted by molar-refractivity contribution is 0.632. The van der Waals surface area contributed by atoms with Crippen LogP contribution in [0.5, 0.6) is 0 Å². The maximum Gasteiger partial charge on any atom is 0.172 e. The first-order chi connectivity index (χ1) is 9.52. The Bertz CT molecular complexity index is 593. The summed E-state index contributed by atoms with van der Waals surface area (Å²) in [5.41, 5.74) is 2.39. The third-order valence-electron chi connectivity index (χ3n) is 2.93. The van der Waals surface area contributed by atoms with Gasteiger partial charge in [-0.05, 0) is 65.8 Å². The lowest BCUT2D eigenvalue weighted by Crippen LogP contribution is -2.09. The summed E-state index contributed by atoms with van der Waals surface area (Å²) in [6, 6.07) is 2.12. The minimum absolute atomic E-state index is 0.588. The van der Waals surface area contributed by atoms with Crippen molar-refractivity contribution < 1.29 is 0 Å². The van der Waals surface area contributed by atoms with E-state index in [1.54, 1.807) is 11.3 Å². The minimum Gasteiger partial charge on any atom is -0.369 e. The normalized spacial score (nSPS) is 11.1. The van der Waals surface area contributed by atoms with Crippen LogP contribution in [-0.2, 0) is 6.42 Å². The van der Waals surface area contributed by atoms with Gasteiger partial charge >= 0.3 is 0 Å². The van der Waals surface area contributed by atoms with Crippen LogP contribution in [0.4, 0.5) is 5.82 Å². The number of nitrogens with one attached hydrogen (secondary N) is 1. The molecular formula is C15H20IN3S. The Hall–Kier alpha value is -0.690. The summed E-state index contributed by atoms with van der Waals surface area (Å²) in [6.07, 6.45) is 0.983. The molecule has 108 valence electrons. The molecule has 0 atom stereocenters. The van der Waals surface area contributed by atoms with Crippen molar-refractivity contribution in [2.24, 2.45) is 5.92 Å². The van der Waals surface area contributed by atoms with Crippen LogP contribution in [0, 0.1) is 16.4 Å². The maximum atomic E-state index is 4.81. The zero-order valence-corrected chi connectivity index (χ0v) is 15.3. The van der Waals surface area contributed by atoms with Gasteiger partial charge in [-0.25, -0.2) is 9.97 Å². The predicted molar refractivity (Wildman–Crippen MR) is 95.5 cm³/mol. The zero-order valence-electron chi connectivity index (χ0n) is 12.3. The number of anilines is 1. The summed E-state index contributed by atoms with van der Waals surface area (Å²) >= 11 is 4.06. The van der Waals surface area contributed by atoms with E-state index in [2.05, 4.69) is 67.0 Å². The van der Waals surface area contributed by atoms with Crippen molar-refractivity contribution in [1.82, 2.24) is 9.97 Å². The highest BCUT2D eigenvalue weighted by molar-refractivity contribution is 14.1. The predicted octanol–water partition coefficient (Wildman–Crippen LogP) is 4.75. The highest BCUT2D eigenvalue weighted by Crippen LogP contribution is 2.30. The van der Waals surface area contributed by atoms with Crippen molar-refractivity contribution in [2.45, 2.75) is 34.1 Å². The Balaban J connectivity index is 2.52. The number of rotatable bonds is 5. The molecule has 3 nitrogen and oxygen atoms in total. The van der Waals surface area contributed by atoms with Gasteiger partial charge < -0.3 is 5.32 Å². The molecule has 2 heterocycles. The number of halogens is 1. The molecular weight excluding hydrogens is 381 g/mol. The average molecular weight is 401 g/mol. The largest absolute Gasteiger partial charge is 0.369 e. The van der Waals surface area contributed by atoms with E-state index in [0.717, 1.165) is 33.9 Å². The number of aromatic nitrogens is 2. The SMILES string of the molecule is CCNc1nc(-c2sccc2C)nc(CC(C)C)c1I. The Morgan fingerprint density at radius 2 is 2.10 bits per heavy atom.